The first-order valence-corrected chi connectivity index (χ1v) is 11.5. The Kier molecular flexibility index (Phi) is 7.14. The fourth-order valence-electron chi connectivity index (χ4n) is 4.28. The minimum atomic E-state index is -1.16. The van der Waals surface area contributed by atoms with Crippen LogP contribution >= 0.6 is 0 Å². The van der Waals surface area contributed by atoms with Crippen molar-refractivity contribution >= 4 is 23.8 Å². The molecule has 9 heteroatoms. The number of aryl methyl sites for hydroxylation is 1. The van der Waals surface area contributed by atoms with E-state index in [4.69, 9.17) is 9.84 Å². The second-order valence-electron chi connectivity index (χ2n) is 8.74. The first kappa shape index (κ1) is 24.0. The number of carbonyl (C=O) groups excluding carboxylic acids is 2. The van der Waals surface area contributed by atoms with Crippen molar-refractivity contribution in [2.24, 2.45) is 13.0 Å². The number of benzene rings is 2. The minimum absolute atomic E-state index is 0.00270. The molecule has 182 valence electrons. The van der Waals surface area contributed by atoms with E-state index >= 15 is 0 Å². The maximum Gasteiger partial charge on any atom is 0.407 e. The van der Waals surface area contributed by atoms with Crippen LogP contribution in [0.5, 0.6) is 0 Å². The highest BCUT2D eigenvalue weighted by atomic mass is 16.5. The normalized spacial score (nSPS) is 13.0. The number of carbonyl (C=O) groups is 3. The van der Waals surface area contributed by atoms with E-state index < -0.39 is 12.1 Å². The molecule has 3 N–H and O–H groups in total. The third-order valence-electron chi connectivity index (χ3n) is 6.17. The molecule has 0 bridgehead atoms. The molecule has 0 aliphatic heterocycles. The van der Waals surface area contributed by atoms with Crippen molar-refractivity contribution in [3.05, 3.63) is 71.4 Å². The maximum absolute atomic E-state index is 12.3. The fourth-order valence-corrected chi connectivity index (χ4v) is 4.28. The van der Waals surface area contributed by atoms with E-state index in [1.54, 1.807) is 7.05 Å². The van der Waals surface area contributed by atoms with Gasteiger partial charge in [0.05, 0.1) is 0 Å². The molecule has 4 rings (SSSR count). The van der Waals surface area contributed by atoms with Crippen LogP contribution < -0.4 is 10.6 Å². The van der Waals surface area contributed by atoms with Gasteiger partial charge >= 0.3 is 12.1 Å². The third kappa shape index (κ3) is 5.51. The number of nitrogens with one attached hydrogen (secondary N) is 2. The van der Waals surface area contributed by atoms with E-state index in [-0.39, 0.29) is 36.5 Å². The number of carboxylic acids is 1. The maximum atomic E-state index is 12.3. The van der Waals surface area contributed by atoms with Crippen molar-refractivity contribution < 1.29 is 24.2 Å². The Balaban J connectivity index is 1.21. The van der Waals surface area contributed by atoms with Crippen LogP contribution in [0, 0.1) is 5.92 Å². The van der Waals surface area contributed by atoms with Crippen LogP contribution in [-0.4, -0.2) is 46.0 Å². The predicted molar refractivity (Wildman–Crippen MR) is 130 cm³/mol. The summed E-state index contributed by atoms with van der Waals surface area (Å²) in [5, 5.41) is 18.2. The quantitative estimate of drug-likeness (QED) is 0.429. The number of carboxylic acid groups (broad SMARTS) is 1. The number of ether oxygens (including phenoxy) is 1. The Bertz CT molecular complexity index is 1210. The van der Waals surface area contributed by atoms with Gasteiger partial charge in [-0.3, -0.25) is 9.48 Å². The molecule has 0 saturated heterocycles. The lowest BCUT2D eigenvalue weighted by Crippen LogP contribution is -2.30. The zero-order valence-electron chi connectivity index (χ0n) is 19.7. The monoisotopic (exact) mass is 476 g/mol. The zero-order valence-corrected chi connectivity index (χ0v) is 19.7. The molecule has 0 radical (unpaired) electrons. The van der Waals surface area contributed by atoms with Crippen LogP contribution in [0.3, 0.4) is 0 Å². The zero-order chi connectivity index (χ0) is 24.9. The highest BCUT2D eigenvalue weighted by Crippen LogP contribution is 2.44. The van der Waals surface area contributed by atoms with Crippen LogP contribution in [-0.2, 0) is 16.6 Å². The Morgan fingerprint density at radius 1 is 1.09 bits per heavy atom. The average Bonchev–Trinajstić information content (AvgIpc) is 3.38. The van der Waals surface area contributed by atoms with Crippen molar-refractivity contribution in [1.82, 2.24) is 15.1 Å². The van der Waals surface area contributed by atoms with Gasteiger partial charge in [0.2, 0.25) is 5.91 Å². The number of rotatable bonds is 9. The molecule has 3 aromatic rings. The summed E-state index contributed by atoms with van der Waals surface area (Å²) in [6, 6.07) is 17.6. The summed E-state index contributed by atoms with van der Waals surface area (Å²) in [6.45, 7) is 2.56. The van der Waals surface area contributed by atoms with Crippen LogP contribution in [0.2, 0.25) is 0 Å². The van der Waals surface area contributed by atoms with E-state index in [2.05, 4.69) is 40.0 Å². The van der Waals surface area contributed by atoms with Crippen molar-refractivity contribution in [3.8, 4) is 11.1 Å². The lowest BCUT2D eigenvalue weighted by atomic mass is 9.98. The van der Waals surface area contributed by atoms with Crippen LogP contribution in [0.1, 0.15) is 47.3 Å². The molecule has 9 nitrogen and oxygen atoms in total. The first-order chi connectivity index (χ1) is 16.8. The topological polar surface area (TPSA) is 123 Å². The van der Waals surface area contributed by atoms with Crippen molar-refractivity contribution in [2.45, 2.75) is 25.7 Å². The fraction of sp³-hybridized carbons (Fsp3) is 0.308. The summed E-state index contributed by atoms with van der Waals surface area (Å²) in [5.74, 6) is -1.05. The summed E-state index contributed by atoms with van der Waals surface area (Å²) in [5.41, 5.74) is 4.53. The number of nitrogens with zero attached hydrogens (tertiary/aromatic N) is 2. The Morgan fingerprint density at radius 3 is 2.31 bits per heavy atom. The highest BCUT2D eigenvalue weighted by molar-refractivity contribution is 5.92. The Labute approximate surface area is 203 Å². The van der Waals surface area contributed by atoms with Crippen LogP contribution in [0.25, 0.3) is 11.1 Å². The number of fused-ring (bicyclic) bond motifs is 3. The van der Waals surface area contributed by atoms with Crippen LogP contribution in [0.4, 0.5) is 10.6 Å². The highest BCUT2D eigenvalue weighted by Gasteiger charge is 2.29. The van der Waals surface area contributed by atoms with Gasteiger partial charge in [-0.15, -0.1) is 0 Å². The molecule has 1 atom stereocenters. The smallest absolute Gasteiger partial charge is 0.407 e. The number of aromatic nitrogens is 2. The number of anilines is 1. The summed E-state index contributed by atoms with van der Waals surface area (Å²) < 4.78 is 6.85. The van der Waals surface area contributed by atoms with Gasteiger partial charge in [-0.25, -0.2) is 9.59 Å². The van der Waals surface area contributed by atoms with Crippen molar-refractivity contribution in [2.75, 3.05) is 18.5 Å². The summed E-state index contributed by atoms with van der Waals surface area (Å²) in [7, 11) is 1.56. The molecule has 1 aliphatic rings. The van der Waals surface area contributed by atoms with Crippen molar-refractivity contribution in [3.63, 3.8) is 0 Å². The molecule has 1 aromatic heterocycles. The minimum Gasteiger partial charge on any atom is -0.476 e. The molecule has 35 heavy (non-hydrogen) atoms. The molecule has 0 saturated carbocycles. The van der Waals surface area contributed by atoms with Crippen LogP contribution in [0.15, 0.2) is 54.6 Å². The van der Waals surface area contributed by atoms with Gasteiger partial charge in [-0.1, -0.05) is 55.5 Å². The van der Waals surface area contributed by atoms with Gasteiger partial charge in [-0.2, -0.15) is 5.10 Å². The number of hydrogen-bond donors (Lipinski definition) is 3. The van der Waals surface area contributed by atoms with Gasteiger partial charge in [0, 0.05) is 32.0 Å². The Morgan fingerprint density at radius 2 is 1.71 bits per heavy atom. The lowest BCUT2D eigenvalue weighted by Gasteiger charge is -2.16. The van der Waals surface area contributed by atoms with E-state index in [1.165, 1.54) is 21.9 Å². The van der Waals surface area contributed by atoms with Gasteiger partial charge in [0.15, 0.2) is 5.69 Å². The largest absolute Gasteiger partial charge is 0.476 e. The van der Waals surface area contributed by atoms with Gasteiger partial charge < -0.3 is 20.5 Å². The van der Waals surface area contributed by atoms with Crippen molar-refractivity contribution in [1.29, 1.82) is 0 Å². The predicted octanol–water partition coefficient (Wildman–Crippen LogP) is 4.01. The van der Waals surface area contributed by atoms with E-state index in [0.29, 0.717) is 18.8 Å². The van der Waals surface area contributed by atoms with E-state index in [0.717, 1.165) is 11.1 Å². The van der Waals surface area contributed by atoms with E-state index in [1.807, 2.05) is 31.2 Å². The molecular weight excluding hydrogens is 448 g/mol. The van der Waals surface area contributed by atoms with Gasteiger partial charge in [-0.05, 0) is 34.6 Å². The molecule has 2 amide bonds. The molecule has 2 aromatic carbocycles. The molecule has 1 heterocycles. The average molecular weight is 477 g/mol. The Hall–Kier alpha value is -4.14. The number of amides is 2. The van der Waals surface area contributed by atoms with E-state index in [9.17, 15) is 14.4 Å². The summed E-state index contributed by atoms with van der Waals surface area (Å²) in [6.07, 6.45) is 0.277. The second kappa shape index (κ2) is 10.4. The summed E-state index contributed by atoms with van der Waals surface area (Å²) >= 11 is 0. The molecule has 1 aliphatic carbocycles. The molecule has 0 spiro atoms. The van der Waals surface area contributed by atoms with Gasteiger partial charge in [0.25, 0.3) is 0 Å². The first-order valence-electron chi connectivity index (χ1n) is 11.5. The molecular formula is C26H28N4O5. The molecule has 0 fully saturated rings. The van der Waals surface area contributed by atoms with Gasteiger partial charge in [0.1, 0.15) is 12.4 Å². The number of aromatic carboxylic acids is 1. The second-order valence-corrected chi connectivity index (χ2v) is 8.74. The summed E-state index contributed by atoms with van der Waals surface area (Å²) in [4.78, 5) is 35.5. The SMILES string of the molecule is CC(CCC(=O)Nc1cc(C(=O)O)nn1C)CNC(=O)OCC1c2ccccc2-c2ccccc21. The molecule has 1 unspecified atom stereocenters. The lowest BCUT2D eigenvalue weighted by molar-refractivity contribution is -0.116. The standard InChI is InChI=1S/C26H28N4O5/c1-16(11-12-24(31)28-23-13-22(25(32)33)29-30(23)2)14-27-26(34)35-15-21-19-9-5-3-7-17(19)18-8-4-6-10-20(18)21/h3-10,13,16,21H,11-12,14-15H2,1-2H3,(H,27,34)(H,28,31)(H,32,33). The third-order valence-corrected chi connectivity index (χ3v) is 6.17. The number of hydrogen-bond acceptors (Lipinski definition) is 5. The number of alkyl carbamates (subject to hydrolysis) is 1.